The molecule has 0 aliphatic carbocycles. The molecule has 3 nitrogen and oxygen atoms in total. The van der Waals surface area contributed by atoms with Crippen LogP contribution in [-0.4, -0.2) is 19.1 Å². The molecule has 18 heavy (non-hydrogen) atoms. The van der Waals surface area contributed by atoms with Gasteiger partial charge in [0.1, 0.15) is 6.04 Å². The molecule has 0 amide bonds. The fraction of sp³-hybridized carbons (Fsp3) is 0.533. The molecule has 0 saturated heterocycles. The zero-order valence-corrected chi connectivity index (χ0v) is 11.9. The lowest BCUT2D eigenvalue weighted by Gasteiger charge is -2.22. The van der Waals surface area contributed by atoms with Crippen LogP contribution in [0.4, 0.5) is 0 Å². The van der Waals surface area contributed by atoms with E-state index in [0.29, 0.717) is 0 Å². The molecule has 2 unspecified atom stereocenters. The number of rotatable bonds is 5. The van der Waals surface area contributed by atoms with E-state index in [-0.39, 0.29) is 18.1 Å². The third kappa shape index (κ3) is 3.57. The molecular formula is C15H23NO2. The zero-order chi connectivity index (χ0) is 13.7. The molecule has 100 valence electrons. The van der Waals surface area contributed by atoms with Crippen molar-refractivity contribution in [2.45, 2.75) is 46.2 Å². The highest BCUT2D eigenvalue weighted by Gasteiger charge is 2.23. The van der Waals surface area contributed by atoms with Gasteiger partial charge in [0.15, 0.2) is 0 Å². The Bertz CT molecular complexity index is 415. The van der Waals surface area contributed by atoms with E-state index in [0.717, 1.165) is 17.5 Å². The lowest BCUT2D eigenvalue weighted by Crippen LogP contribution is -2.36. The van der Waals surface area contributed by atoms with Crippen molar-refractivity contribution in [3.05, 3.63) is 34.9 Å². The van der Waals surface area contributed by atoms with Gasteiger partial charge in [-0.3, -0.25) is 5.32 Å². The van der Waals surface area contributed by atoms with E-state index in [2.05, 4.69) is 25.2 Å². The predicted octanol–water partition coefficient (Wildman–Crippen LogP) is 2.91. The van der Waals surface area contributed by atoms with Crippen LogP contribution in [0.1, 0.15) is 43.0 Å². The standard InChI is InChI=1S/C15H23NO2/c1-6-12(4)16-14(15(17)18-5)13-8-7-10(2)9-11(13)3/h7-9,12,14,16H,6H2,1-5H3. The van der Waals surface area contributed by atoms with E-state index in [4.69, 9.17) is 4.74 Å². The smallest absolute Gasteiger partial charge is 0.327 e. The van der Waals surface area contributed by atoms with Gasteiger partial charge in [-0.05, 0) is 38.3 Å². The molecule has 0 fully saturated rings. The number of benzene rings is 1. The number of ether oxygens (including phenoxy) is 1. The first-order valence-corrected chi connectivity index (χ1v) is 6.40. The number of hydrogen-bond donors (Lipinski definition) is 1. The molecule has 0 aliphatic rings. The molecule has 0 saturated carbocycles. The first kappa shape index (κ1) is 14.7. The molecule has 1 N–H and O–H groups in total. The van der Waals surface area contributed by atoms with Crippen LogP contribution in [0.5, 0.6) is 0 Å². The van der Waals surface area contributed by atoms with E-state index in [1.54, 1.807) is 0 Å². The number of carbonyl (C=O) groups is 1. The third-order valence-corrected chi connectivity index (χ3v) is 3.24. The second-order valence-corrected chi connectivity index (χ2v) is 4.79. The summed E-state index contributed by atoms with van der Waals surface area (Å²) in [6.45, 7) is 8.23. The minimum atomic E-state index is -0.384. The molecule has 0 spiro atoms. The lowest BCUT2D eigenvalue weighted by molar-refractivity contribution is -0.143. The molecule has 2 atom stereocenters. The number of hydrogen-bond acceptors (Lipinski definition) is 3. The van der Waals surface area contributed by atoms with Crippen LogP contribution in [0.25, 0.3) is 0 Å². The van der Waals surface area contributed by atoms with Gasteiger partial charge in [0.05, 0.1) is 7.11 Å². The molecule has 1 aromatic carbocycles. The van der Waals surface area contributed by atoms with Crippen LogP contribution in [-0.2, 0) is 9.53 Å². The van der Waals surface area contributed by atoms with E-state index < -0.39 is 0 Å². The Hall–Kier alpha value is -1.35. The highest BCUT2D eigenvalue weighted by molar-refractivity contribution is 5.78. The highest BCUT2D eigenvalue weighted by atomic mass is 16.5. The summed E-state index contributed by atoms with van der Waals surface area (Å²) >= 11 is 0. The SMILES string of the molecule is CCC(C)NC(C(=O)OC)c1ccc(C)cc1C. The molecule has 0 bridgehead atoms. The summed E-state index contributed by atoms with van der Waals surface area (Å²) in [5.41, 5.74) is 3.30. The number of esters is 1. The van der Waals surface area contributed by atoms with Gasteiger partial charge >= 0.3 is 5.97 Å². The monoisotopic (exact) mass is 249 g/mol. The molecule has 0 aromatic heterocycles. The van der Waals surface area contributed by atoms with Crippen molar-refractivity contribution in [1.82, 2.24) is 5.32 Å². The van der Waals surface area contributed by atoms with Crippen molar-refractivity contribution >= 4 is 5.97 Å². The van der Waals surface area contributed by atoms with Crippen LogP contribution in [0.3, 0.4) is 0 Å². The Labute approximate surface area is 110 Å². The van der Waals surface area contributed by atoms with Crippen molar-refractivity contribution < 1.29 is 9.53 Å². The quantitative estimate of drug-likeness (QED) is 0.815. The Morgan fingerprint density at radius 3 is 2.56 bits per heavy atom. The Morgan fingerprint density at radius 2 is 2.06 bits per heavy atom. The van der Waals surface area contributed by atoms with Crippen LogP contribution in [0.2, 0.25) is 0 Å². The average molecular weight is 249 g/mol. The van der Waals surface area contributed by atoms with E-state index in [1.165, 1.54) is 12.7 Å². The summed E-state index contributed by atoms with van der Waals surface area (Å²) in [5, 5.41) is 3.32. The van der Waals surface area contributed by atoms with Gasteiger partial charge in [-0.25, -0.2) is 4.79 Å². The van der Waals surface area contributed by atoms with Gasteiger partial charge in [0.2, 0.25) is 0 Å². The number of methoxy groups -OCH3 is 1. The van der Waals surface area contributed by atoms with Crippen LogP contribution >= 0.6 is 0 Å². The molecule has 1 rings (SSSR count). The molecule has 0 radical (unpaired) electrons. The third-order valence-electron chi connectivity index (χ3n) is 3.24. The summed E-state index contributed by atoms with van der Waals surface area (Å²) in [5.74, 6) is -0.234. The van der Waals surface area contributed by atoms with E-state index in [9.17, 15) is 4.79 Å². The van der Waals surface area contributed by atoms with E-state index >= 15 is 0 Å². The van der Waals surface area contributed by atoms with Crippen LogP contribution < -0.4 is 5.32 Å². The summed E-state index contributed by atoms with van der Waals surface area (Å²) in [6, 6.07) is 6.00. The number of aryl methyl sites for hydroxylation is 2. The van der Waals surface area contributed by atoms with Gasteiger partial charge in [0.25, 0.3) is 0 Å². The minimum absolute atomic E-state index is 0.234. The van der Waals surface area contributed by atoms with Gasteiger partial charge in [-0.2, -0.15) is 0 Å². The van der Waals surface area contributed by atoms with Crippen molar-refractivity contribution in [2.75, 3.05) is 7.11 Å². The normalized spacial score (nSPS) is 14.1. The number of nitrogens with one attached hydrogen (secondary N) is 1. The zero-order valence-electron chi connectivity index (χ0n) is 11.9. The van der Waals surface area contributed by atoms with Crippen molar-refractivity contribution in [3.63, 3.8) is 0 Å². The maximum atomic E-state index is 11.9. The van der Waals surface area contributed by atoms with E-state index in [1.807, 2.05) is 26.0 Å². The van der Waals surface area contributed by atoms with Crippen LogP contribution in [0.15, 0.2) is 18.2 Å². The molecular weight excluding hydrogens is 226 g/mol. The Morgan fingerprint density at radius 1 is 1.39 bits per heavy atom. The largest absolute Gasteiger partial charge is 0.468 e. The highest BCUT2D eigenvalue weighted by Crippen LogP contribution is 2.21. The average Bonchev–Trinajstić information content (AvgIpc) is 2.35. The maximum absolute atomic E-state index is 11.9. The second kappa shape index (κ2) is 6.55. The van der Waals surface area contributed by atoms with Gasteiger partial charge in [-0.1, -0.05) is 30.7 Å². The fourth-order valence-corrected chi connectivity index (χ4v) is 1.95. The van der Waals surface area contributed by atoms with Crippen molar-refractivity contribution in [3.8, 4) is 0 Å². The summed E-state index contributed by atoms with van der Waals surface area (Å²) in [6.07, 6.45) is 0.971. The molecule has 1 aromatic rings. The Kier molecular flexibility index (Phi) is 5.35. The maximum Gasteiger partial charge on any atom is 0.327 e. The molecule has 0 heterocycles. The van der Waals surface area contributed by atoms with Gasteiger partial charge in [0, 0.05) is 6.04 Å². The first-order chi connectivity index (χ1) is 8.49. The summed E-state index contributed by atoms with van der Waals surface area (Å²) < 4.78 is 4.90. The van der Waals surface area contributed by atoms with Crippen molar-refractivity contribution in [1.29, 1.82) is 0 Å². The van der Waals surface area contributed by atoms with Crippen LogP contribution in [0, 0.1) is 13.8 Å². The summed E-state index contributed by atoms with van der Waals surface area (Å²) in [4.78, 5) is 11.9. The minimum Gasteiger partial charge on any atom is -0.468 e. The Balaban J connectivity index is 3.05. The molecule has 3 heteroatoms. The lowest BCUT2D eigenvalue weighted by atomic mass is 9.98. The first-order valence-electron chi connectivity index (χ1n) is 6.40. The van der Waals surface area contributed by atoms with Crippen molar-refractivity contribution in [2.24, 2.45) is 0 Å². The molecule has 0 aliphatic heterocycles. The van der Waals surface area contributed by atoms with Gasteiger partial charge in [-0.15, -0.1) is 0 Å². The second-order valence-electron chi connectivity index (χ2n) is 4.79. The summed E-state index contributed by atoms with van der Waals surface area (Å²) in [7, 11) is 1.43. The fourth-order valence-electron chi connectivity index (χ4n) is 1.95. The number of carbonyl (C=O) groups excluding carboxylic acids is 1. The van der Waals surface area contributed by atoms with Gasteiger partial charge < -0.3 is 4.74 Å². The topological polar surface area (TPSA) is 38.3 Å². The predicted molar refractivity (Wildman–Crippen MR) is 73.6 cm³/mol.